The Labute approximate surface area is 94.6 Å². The molecular formula is C13H15NS. The van der Waals surface area contributed by atoms with Gasteiger partial charge in [-0.15, -0.1) is 11.3 Å². The second-order valence-corrected chi connectivity index (χ2v) is 4.79. The third-order valence-electron chi connectivity index (χ3n) is 2.48. The van der Waals surface area contributed by atoms with E-state index in [-0.39, 0.29) is 6.04 Å². The van der Waals surface area contributed by atoms with Crippen LogP contribution in [-0.2, 0) is 6.42 Å². The van der Waals surface area contributed by atoms with Gasteiger partial charge in [-0.25, -0.2) is 0 Å². The molecule has 1 atom stereocenters. The maximum Gasteiger partial charge on any atom is 0.0430 e. The summed E-state index contributed by atoms with van der Waals surface area (Å²) in [5.74, 6) is 0. The molecule has 1 nitrogen and oxygen atoms in total. The summed E-state index contributed by atoms with van der Waals surface area (Å²) in [7, 11) is 0. The van der Waals surface area contributed by atoms with E-state index in [1.807, 2.05) is 0 Å². The van der Waals surface area contributed by atoms with Crippen LogP contribution in [0.3, 0.4) is 0 Å². The van der Waals surface area contributed by atoms with Crippen molar-refractivity contribution in [3.8, 4) is 0 Å². The monoisotopic (exact) mass is 217 g/mol. The summed E-state index contributed by atoms with van der Waals surface area (Å²) in [6.07, 6.45) is 0.917. The van der Waals surface area contributed by atoms with Gasteiger partial charge in [0.25, 0.3) is 0 Å². The van der Waals surface area contributed by atoms with Gasteiger partial charge in [0.05, 0.1) is 0 Å². The summed E-state index contributed by atoms with van der Waals surface area (Å²) in [5, 5.41) is 2.07. The predicted molar refractivity (Wildman–Crippen MR) is 66.1 cm³/mol. The van der Waals surface area contributed by atoms with Crippen molar-refractivity contribution in [3.63, 3.8) is 0 Å². The molecule has 0 aliphatic heterocycles. The molecule has 0 aliphatic rings. The van der Waals surface area contributed by atoms with Crippen molar-refractivity contribution in [1.82, 2.24) is 0 Å². The highest BCUT2D eigenvalue weighted by atomic mass is 32.1. The number of nitrogens with two attached hydrogens (primary N) is 1. The maximum absolute atomic E-state index is 6.12. The fraction of sp³-hybridized carbons (Fsp3) is 0.231. The second-order valence-electron chi connectivity index (χ2n) is 3.81. The standard InChI is InChI=1S/C13H15NS/c1-10-4-6-11(7-5-10)9-12(14)13-3-2-8-15-13/h2-8,12H,9,14H2,1H3. The Morgan fingerprint density at radius 3 is 2.53 bits per heavy atom. The molecule has 2 rings (SSSR count). The van der Waals surface area contributed by atoms with E-state index in [9.17, 15) is 0 Å². The molecule has 1 unspecified atom stereocenters. The van der Waals surface area contributed by atoms with Crippen LogP contribution < -0.4 is 5.73 Å². The molecule has 0 radical (unpaired) electrons. The van der Waals surface area contributed by atoms with E-state index in [1.165, 1.54) is 16.0 Å². The molecule has 0 fully saturated rings. The molecular weight excluding hydrogens is 202 g/mol. The van der Waals surface area contributed by atoms with Crippen LogP contribution in [0.25, 0.3) is 0 Å². The van der Waals surface area contributed by atoms with E-state index in [2.05, 4.69) is 48.7 Å². The van der Waals surface area contributed by atoms with Gasteiger partial charge >= 0.3 is 0 Å². The predicted octanol–water partition coefficient (Wildman–Crippen LogP) is 3.30. The minimum absolute atomic E-state index is 0.132. The Balaban J connectivity index is 2.06. The number of thiophene rings is 1. The zero-order chi connectivity index (χ0) is 10.7. The van der Waals surface area contributed by atoms with Gasteiger partial charge in [-0.2, -0.15) is 0 Å². The fourth-order valence-electron chi connectivity index (χ4n) is 1.58. The Hall–Kier alpha value is -1.12. The summed E-state index contributed by atoms with van der Waals surface area (Å²) in [4.78, 5) is 1.26. The largest absolute Gasteiger partial charge is 0.323 e. The molecule has 0 aliphatic carbocycles. The van der Waals surface area contributed by atoms with Crippen LogP contribution in [-0.4, -0.2) is 0 Å². The number of rotatable bonds is 3. The highest BCUT2D eigenvalue weighted by Crippen LogP contribution is 2.20. The average Bonchev–Trinajstić information content (AvgIpc) is 2.74. The lowest BCUT2D eigenvalue weighted by atomic mass is 10.0. The van der Waals surface area contributed by atoms with Crippen LogP contribution in [0.15, 0.2) is 41.8 Å². The molecule has 0 bridgehead atoms. The number of benzene rings is 1. The van der Waals surface area contributed by atoms with Gasteiger partial charge in [-0.05, 0) is 30.4 Å². The van der Waals surface area contributed by atoms with Crippen LogP contribution in [0, 0.1) is 6.92 Å². The lowest BCUT2D eigenvalue weighted by Crippen LogP contribution is -2.11. The normalized spacial score (nSPS) is 12.7. The van der Waals surface area contributed by atoms with E-state index in [0.717, 1.165) is 6.42 Å². The van der Waals surface area contributed by atoms with Crippen molar-refractivity contribution in [3.05, 3.63) is 57.8 Å². The highest BCUT2D eigenvalue weighted by Gasteiger charge is 2.07. The van der Waals surface area contributed by atoms with E-state index in [0.29, 0.717) is 0 Å². The first-order valence-corrected chi connectivity index (χ1v) is 5.98. The molecule has 2 heteroatoms. The van der Waals surface area contributed by atoms with Gasteiger partial charge in [0.15, 0.2) is 0 Å². The molecule has 15 heavy (non-hydrogen) atoms. The molecule has 2 aromatic rings. The van der Waals surface area contributed by atoms with Crippen molar-refractivity contribution in [1.29, 1.82) is 0 Å². The first-order chi connectivity index (χ1) is 7.25. The summed E-state index contributed by atoms with van der Waals surface area (Å²) in [6, 6.07) is 12.9. The van der Waals surface area contributed by atoms with Gasteiger partial charge in [-0.1, -0.05) is 35.9 Å². The summed E-state index contributed by atoms with van der Waals surface area (Å²) in [6.45, 7) is 2.10. The van der Waals surface area contributed by atoms with Gasteiger partial charge in [-0.3, -0.25) is 0 Å². The van der Waals surface area contributed by atoms with Crippen LogP contribution in [0.5, 0.6) is 0 Å². The second kappa shape index (κ2) is 4.60. The average molecular weight is 217 g/mol. The molecule has 1 heterocycles. The molecule has 0 saturated carbocycles. The van der Waals surface area contributed by atoms with Crippen molar-refractivity contribution in [2.24, 2.45) is 5.73 Å². The molecule has 0 saturated heterocycles. The quantitative estimate of drug-likeness (QED) is 0.838. The minimum atomic E-state index is 0.132. The van der Waals surface area contributed by atoms with Crippen molar-refractivity contribution >= 4 is 11.3 Å². The van der Waals surface area contributed by atoms with Crippen LogP contribution in [0.4, 0.5) is 0 Å². The molecule has 2 N–H and O–H groups in total. The SMILES string of the molecule is Cc1ccc(CC(N)c2cccs2)cc1. The topological polar surface area (TPSA) is 26.0 Å². The Kier molecular flexibility index (Phi) is 3.19. The first-order valence-electron chi connectivity index (χ1n) is 5.10. The number of hydrogen-bond donors (Lipinski definition) is 1. The smallest absolute Gasteiger partial charge is 0.0430 e. The molecule has 0 amide bonds. The first kappa shape index (κ1) is 10.4. The van der Waals surface area contributed by atoms with Crippen molar-refractivity contribution in [2.45, 2.75) is 19.4 Å². The van der Waals surface area contributed by atoms with Gasteiger partial charge in [0, 0.05) is 10.9 Å². The zero-order valence-electron chi connectivity index (χ0n) is 8.81. The lowest BCUT2D eigenvalue weighted by Gasteiger charge is -2.09. The van der Waals surface area contributed by atoms with E-state index in [4.69, 9.17) is 5.73 Å². The maximum atomic E-state index is 6.12. The van der Waals surface area contributed by atoms with Crippen LogP contribution in [0.1, 0.15) is 22.0 Å². The molecule has 0 spiro atoms. The van der Waals surface area contributed by atoms with Crippen LogP contribution in [0.2, 0.25) is 0 Å². The zero-order valence-corrected chi connectivity index (χ0v) is 9.63. The van der Waals surface area contributed by atoms with E-state index in [1.54, 1.807) is 11.3 Å². The highest BCUT2D eigenvalue weighted by molar-refractivity contribution is 7.10. The number of aryl methyl sites for hydroxylation is 1. The van der Waals surface area contributed by atoms with Crippen molar-refractivity contribution < 1.29 is 0 Å². The Morgan fingerprint density at radius 2 is 1.93 bits per heavy atom. The molecule has 1 aromatic carbocycles. The summed E-state index contributed by atoms with van der Waals surface area (Å²) >= 11 is 1.73. The van der Waals surface area contributed by atoms with Gasteiger partial charge < -0.3 is 5.73 Å². The third-order valence-corrected chi connectivity index (χ3v) is 3.49. The summed E-state index contributed by atoms with van der Waals surface area (Å²) in [5.41, 5.74) is 8.72. The van der Waals surface area contributed by atoms with E-state index >= 15 is 0 Å². The van der Waals surface area contributed by atoms with Gasteiger partial charge in [0.1, 0.15) is 0 Å². The van der Waals surface area contributed by atoms with E-state index < -0.39 is 0 Å². The lowest BCUT2D eigenvalue weighted by molar-refractivity contribution is 0.736. The molecule has 1 aromatic heterocycles. The Bertz CT molecular complexity index is 403. The molecule has 78 valence electrons. The summed E-state index contributed by atoms with van der Waals surface area (Å²) < 4.78 is 0. The Morgan fingerprint density at radius 1 is 1.20 bits per heavy atom. The van der Waals surface area contributed by atoms with Crippen LogP contribution >= 0.6 is 11.3 Å². The van der Waals surface area contributed by atoms with Crippen molar-refractivity contribution in [2.75, 3.05) is 0 Å². The fourth-order valence-corrected chi connectivity index (χ4v) is 2.31. The minimum Gasteiger partial charge on any atom is -0.323 e. The third kappa shape index (κ3) is 2.67. The number of hydrogen-bond acceptors (Lipinski definition) is 2. The van der Waals surface area contributed by atoms with Gasteiger partial charge in [0.2, 0.25) is 0 Å².